The van der Waals surface area contributed by atoms with Crippen LogP contribution in [-0.4, -0.2) is 11.1 Å². The van der Waals surface area contributed by atoms with E-state index in [0.717, 1.165) is 4.88 Å². The molecule has 2 aromatic heterocycles. The van der Waals surface area contributed by atoms with Crippen molar-refractivity contribution in [3.63, 3.8) is 0 Å². The molecular weight excluding hydrogens is 188 g/mol. The Balaban J connectivity index is 2.39. The van der Waals surface area contributed by atoms with Crippen molar-refractivity contribution >= 4 is 17.3 Å². The van der Waals surface area contributed by atoms with Gasteiger partial charge in [0.2, 0.25) is 0 Å². The van der Waals surface area contributed by atoms with Gasteiger partial charge in [0.05, 0.1) is 16.7 Å². The third-order valence-corrected chi connectivity index (χ3v) is 2.56. The molecule has 0 aliphatic rings. The number of hydrogen-bond donors (Lipinski definition) is 1. The van der Waals surface area contributed by atoms with Crippen LogP contribution in [0.3, 0.4) is 0 Å². The third-order valence-electron chi connectivity index (χ3n) is 1.61. The zero-order valence-corrected chi connectivity index (χ0v) is 7.38. The number of carboxylic acids is 1. The van der Waals surface area contributed by atoms with Crippen LogP contribution in [0.2, 0.25) is 0 Å². The Labute approximate surface area is 78.2 Å². The molecule has 0 aliphatic carbocycles. The molecule has 4 heteroatoms. The first kappa shape index (κ1) is 8.07. The first-order valence-corrected chi connectivity index (χ1v) is 4.51. The number of rotatable bonds is 2. The Hall–Kier alpha value is -1.55. The fourth-order valence-electron chi connectivity index (χ4n) is 0.996. The van der Waals surface area contributed by atoms with Crippen molar-refractivity contribution in [2.45, 2.75) is 0 Å². The summed E-state index contributed by atoms with van der Waals surface area (Å²) in [6, 6.07) is 5.18. The molecule has 0 saturated heterocycles. The van der Waals surface area contributed by atoms with Gasteiger partial charge in [-0.25, -0.2) is 4.79 Å². The van der Waals surface area contributed by atoms with Crippen LogP contribution >= 0.6 is 11.3 Å². The van der Waals surface area contributed by atoms with Crippen molar-refractivity contribution in [1.82, 2.24) is 0 Å². The minimum atomic E-state index is -0.908. The highest BCUT2D eigenvalue weighted by Gasteiger charge is 2.08. The van der Waals surface area contributed by atoms with E-state index in [2.05, 4.69) is 0 Å². The minimum Gasteiger partial charge on any atom is -0.478 e. The van der Waals surface area contributed by atoms with Gasteiger partial charge in [-0.05, 0) is 18.2 Å². The second-order valence-electron chi connectivity index (χ2n) is 2.48. The van der Waals surface area contributed by atoms with E-state index in [0.29, 0.717) is 11.3 Å². The van der Waals surface area contributed by atoms with Gasteiger partial charge in [0.25, 0.3) is 0 Å². The van der Waals surface area contributed by atoms with E-state index in [-0.39, 0.29) is 0 Å². The van der Waals surface area contributed by atoms with Crippen LogP contribution in [-0.2, 0) is 0 Å². The Morgan fingerprint density at radius 1 is 1.54 bits per heavy atom. The molecule has 0 unspecified atom stereocenters. The highest BCUT2D eigenvalue weighted by atomic mass is 32.1. The molecular formula is C9H6O3S. The number of furan rings is 1. The van der Waals surface area contributed by atoms with Gasteiger partial charge in [-0.1, -0.05) is 0 Å². The fourth-order valence-corrected chi connectivity index (χ4v) is 1.85. The molecule has 0 aliphatic heterocycles. The summed E-state index contributed by atoms with van der Waals surface area (Å²) in [7, 11) is 0. The van der Waals surface area contributed by atoms with Crippen molar-refractivity contribution in [3.05, 3.63) is 35.4 Å². The van der Waals surface area contributed by atoms with Crippen molar-refractivity contribution in [1.29, 1.82) is 0 Å². The van der Waals surface area contributed by atoms with Gasteiger partial charge in [0.15, 0.2) is 0 Å². The highest BCUT2D eigenvalue weighted by Crippen LogP contribution is 2.27. The number of carboxylic acid groups (broad SMARTS) is 1. The van der Waals surface area contributed by atoms with Crippen LogP contribution < -0.4 is 0 Å². The molecule has 13 heavy (non-hydrogen) atoms. The van der Waals surface area contributed by atoms with Crippen LogP contribution in [0.25, 0.3) is 10.6 Å². The molecule has 0 saturated carbocycles. The average Bonchev–Trinajstić information content (AvgIpc) is 2.75. The van der Waals surface area contributed by atoms with E-state index >= 15 is 0 Å². The quantitative estimate of drug-likeness (QED) is 0.799. The molecule has 0 amide bonds. The average molecular weight is 194 g/mol. The molecule has 1 N–H and O–H groups in total. The summed E-state index contributed by atoms with van der Waals surface area (Å²) < 4.78 is 5.13. The number of thiophene rings is 1. The SMILES string of the molecule is O=C(O)c1csc(-c2ccco2)c1. The smallest absolute Gasteiger partial charge is 0.336 e. The topological polar surface area (TPSA) is 50.4 Å². The molecule has 66 valence electrons. The molecule has 0 atom stereocenters. The molecule has 2 aromatic rings. The van der Waals surface area contributed by atoms with Crippen molar-refractivity contribution in [2.75, 3.05) is 0 Å². The van der Waals surface area contributed by atoms with E-state index < -0.39 is 5.97 Å². The maximum atomic E-state index is 10.6. The van der Waals surface area contributed by atoms with Gasteiger partial charge >= 0.3 is 5.97 Å². The van der Waals surface area contributed by atoms with Crippen LogP contribution in [0.5, 0.6) is 0 Å². The van der Waals surface area contributed by atoms with Crippen LogP contribution in [0.4, 0.5) is 0 Å². The molecule has 0 spiro atoms. The van der Waals surface area contributed by atoms with Crippen LogP contribution in [0.15, 0.2) is 34.3 Å². The van der Waals surface area contributed by atoms with Gasteiger partial charge in [0.1, 0.15) is 5.76 Å². The summed E-state index contributed by atoms with van der Waals surface area (Å²) in [5, 5.41) is 10.3. The van der Waals surface area contributed by atoms with Gasteiger partial charge in [-0.2, -0.15) is 0 Å². The first-order chi connectivity index (χ1) is 6.27. The summed E-state index contributed by atoms with van der Waals surface area (Å²) in [6.07, 6.45) is 1.56. The number of aromatic carboxylic acids is 1. The lowest BCUT2D eigenvalue weighted by molar-refractivity contribution is 0.0697. The Morgan fingerprint density at radius 2 is 2.38 bits per heavy atom. The van der Waals surface area contributed by atoms with E-state index in [1.165, 1.54) is 11.3 Å². The second kappa shape index (κ2) is 3.06. The lowest BCUT2D eigenvalue weighted by atomic mass is 10.3. The second-order valence-corrected chi connectivity index (χ2v) is 3.39. The standard InChI is InChI=1S/C9H6O3S/c10-9(11)6-4-8(13-5-6)7-2-1-3-12-7/h1-5H,(H,10,11). The Morgan fingerprint density at radius 3 is 2.92 bits per heavy atom. The minimum absolute atomic E-state index is 0.302. The lowest BCUT2D eigenvalue weighted by Gasteiger charge is -1.86. The van der Waals surface area contributed by atoms with E-state index in [9.17, 15) is 4.79 Å². The molecule has 2 rings (SSSR count). The Kier molecular flexibility index (Phi) is 1.90. The molecule has 3 nitrogen and oxygen atoms in total. The molecule has 0 bridgehead atoms. The van der Waals surface area contributed by atoms with Crippen LogP contribution in [0.1, 0.15) is 10.4 Å². The van der Waals surface area contributed by atoms with Crippen LogP contribution in [0, 0.1) is 0 Å². The van der Waals surface area contributed by atoms with Gasteiger partial charge in [-0.3, -0.25) is 0 Å². The normalized spacial score (nSPS) is 10.2. The maximum Gasteiger partial charge on any atom is 0.336 e. The fraction of sp³-hybridized carbons (Fsp3) is 0. The summed E-state index contributed by atoms with van der Waals surface area (Å²) in [6.45, 7) is 0. The number of hydrogen-bond acceptors (Lipinski definition) is 3. The maximum absolute atomic E-state index is 10.6. The zero-order chi connectivity index (χ0) is 9.26. The van der Waals surface area contributed by atoms with Gasteiger partial charge in [-0.15, -0.1) is 11.3 Å². The molecule has 0 radical (unpaired) electrons. The summed E-state index contributed by atoms with van der Waals surface area (Å²) >= 11 is 1.36. The predicted molar refractivity (Wildman–Crippen MR) is 49.0 cm³/mol. The zero-order valence-electron chi connectivity index (χ0n) is 6.56. The summed E-state index contributed by atoms with van der Waals surface area (Å²) in [4.78, 5) is 11.4. The summed E-state index contributed by atoms with van der Waals surface area (Å²) in [5.74, 6) is -0.202. The summed E-state index contributed by atoms with van der Waals surface area (Å²) in [5.41, 5.74) is 0.302. The van der Waals surface area contributed by atoms with Crippen molar-refractivity contribution in [2.24, 2.45) is 0 Å². The highest BCUT2D eigenvalue weighted by molar-refractivity contribution is 7.13. The monoisotopic (exact) mass is 194 g/mol. The van der Waals surface area contributed by atoms with E-state index in [1.807, 2.05) is 0 Å². The van der Waals surface area contributed by atoms with Crippen molar-refractivity contribution in [3.8, 4) is 10.6 Å². The molecule has 2 heterocycles. The van der Waals surface area contributed by atoms with Crippen molar-refractivity contribution < 1.29 is 14.3 Å². The first-order valence-electron chi connectivity index (χ1n) is 3.63. The lowest BCUT2D eigenvalue weighted by Crippen LogP contribution is -1.91. The molecule has 0 aromatic carbocycles. The van der Waals surface area contributed by atoms with Gasteiger partial charge < -0.3 is 9.52 Å². The largest absolute Gasteiger partial charge is 0.478 e. The Bertz CT molecular complexity index is 414. The van der Waals surface area contributed by atoms with E-state index in [4.69, 9.17) is 9.52 Å². The van der Waals surface area contributed by atoms with Gasteiger partial charge in [0, 0.05) is 5.38 Å². The third kappa shape index (κ3) is 1.48. The molecule has 0 fully saturated rings. The predicted octanol–water partition coefficient (Wildman–Crippen LogP) is 2.71. The number of carbonyl (C=O) groups is 1. The van der Waals surface area contributed by atoms with E-state index in [1.54, 1.807) is 29.8 Å².